The van der Waals surface area contributed by atoms with Crippen molar-refractivity contribution in [2.45, 2.75) is 0 Å². The van der Waals surface area contributed by atoms with Crippen molar-refractivity contribution < 1.29 is 9.53 Å². The van der Waals surface area contributed by atoms with Gasteiger partial charge in [-0.15, -0.1) is 0 Å². The first-order valence-electron chi connectivity index (χ1n) is 11.3. The highest BCUT2D eigenvalue weighted by Gasteiger charge is 2.34. The molecule has 6 rings (SSSR count). The molecule has 37 heavy (non-hydrogen) atoms. The minimum absolute atomic E-state index is 0.283. The number of aliphatic imine (C=N–C) groups is 1. The first-order valence-corrected chi connectivity index (χ1v) is 12.9. The second-order valence-electron chi connectivity index (χ2n) is 8.19. The topological polar surface area (TPSA) is 54.8 Å². The zero-order valence-electron chi connectivity index (χ0n) is 19.1. The van der Waals surface area contributed by atoms with E-state index in [4.69, 9.17) is 32.9 Å². The molecule has 2 heterocycles. The highest BCUT2D eigenvalue weighted by Crippen LogP contribution is 2.38. The third-order valence-electron chi connectivity index (χ3n) is 5.63. The zero-order valence-corrected chi connectivity index (χ0v) is 21.5. The summed E-state index contributed by atoms with van der Waals surface area (Å²) in [4.78, 5) is 24.7. The average Bonchev–Trinajstić information content (AvgIpc) is 3.46. The van der Waals surface area contributed by atoms with Gasteiger partial charge in [0, 0.05) is 10.6 Å². The van der Waals surface area contributed by atoms with Crippen LogP contribution in [0.15, 0.2) is 108 Å². The van der Waals surface area contributed by atoms with Crippen LogP contribution in [0.2, 0.25) is 10.0 Å². The fraction of sp³-hybridized carbons (Fsp3) is 0. The number of halogens is 2. The minimum atomic E-state index is -0.283. The number of ether oxygens (including phenoxy) is 1. The Morgan fingerprint density at radius 1 is 0.838 bits per heavy atom. The number of carbonyl (C=O) groups excluding carboxylic acids is 1. The van der Waals surface area contributed by atoms with Gasteiger partial charge in [-0.3, -0.25) is 4.79 Å². The summed E-state index contributed by atoms with van der Waals surface area (Å²) < 4.78 is 6.74. The van der Waals surface area contributed by atoms with Gasteiger partial charge >= 0.3 is 0 Å². The highest BCUT2D eigenvalue weighted by molar-refractivity contribution is 7.22. The fourth-order valence-corrected chi connectivity index (χ4v) is 5.66. The maximum absolute atomic E-state index is 13.7. The number of anilines is 1. The van der Waals surface area contributed by atoms with Crippen LogP contribution in [0.3, 0.4) is 0 Å². The van der Waals surface area contributed by atoms with E-state index in [1.165, 1.54) is 16.2 Å². The lowest BCUT2D eigenvalue weighted by Gasteiger charge is -2.14. The van der Waals surface area contributed by atoms with Gasteiger partial charge in [0.05, 0.1) is 9.72 Å². The summed E-state index contributed by atoms with van der Waals surface area (Å²) >= 11 is 13.9. The molecule has 8 heteroatoms. The van der Waals surface area contributed by atoms with Gasteiger partial charge in [0.25, 0.3) is 5.91 Å². The number of rotatable bonds is 5. The van der Waals surface area contributed by atoms with Crippen molar-refractivity contribution in [1.82, 2.24) is 4.98 Å². The summed E-state index contributed by atoms with van der Waals surface area (Å²) in [6.45, 7) is 0. The number of amidine groups is 1. The smallest absolute Gasteiger partial charge is 0.284 e. The molecular formula is C29H17Cl2N3O2S. The zero-order chi connectivity index (χ0) is 25.4. The van der Waals surface area contributed by atoms with Gasteiger partial charge in [0.2, 0.25) is 0 Å². The van der Waals surface area contributed by atoms with Gasteiger partial charge < -0.3 is 4.74 Å². The van der Waals surface area contributed by atoms with Crippen LogP contribution in [-0.4, -0.2) is 16.7 Å². The van der Waals surface area contributed by atoms with E-state index in [0.717, 1.165) is 21.6 Å². The molecule has 0 saturated heterocycles. The molecule has 0 spiro atoms. The molecule has 0 bridgehead atoms. The number of amides is 1. The van der Waals surface area contributed by atoms with Crippen molar-refractivity contribution in [3.05, 3.63) is 124 Å². The largest absolute Gasteiger partial charge is 0.457 e. The normalized spacial score (nSPS) is 14.4. The molecule has 1 aliphatic rings. The summed E-state index contributed by atoms with van der Waals surface area (Å²) in [7, 11) is 0. The molecule has 0 radical (unpaired) electrons. The van der Waals surface area contributed by atoms with Gasteiger partial charge in [0.1, 0.15) is 28.5 Å². The van der Waals surface area contributed by atoms with Crippen LogP contribution in [0.4, 0.5) is 5.13 Å². The van der Waals surface area contributed by atoms with Crippen LogP contribution in [0.5, 0.6) is 11.5 Å². The van der Waals surface area contributed by atoms with Crippen molar-refractivity contribution >= 4 is 67.7 Å². The van der Waals surface area contributed by atoms with Crippen molar-refractivity contribution in [2.75, 3.05) is 4.90 Å². The number of para-hydroxylation sites is 1. The Hall–Kier alpha value is -3.97. The summed E-state index contributed by atoms with van der Waals surface area (Å²) in [5, 5.41) is 1.41. The molecular weight excluding hydrogens is 525 g/mol. The van der Waals surface area contributed by atoms with Gasteiger partial charge in [-0.25, -0.2) is 14.9 Å². The van der Waals surface area contributed by atoms with E-state index < -0.39 is 0 Å². The van der Waals surface area contributed by atoms with Crippen molar-refractivity contribution in [3.63, 3.8) is 0 Å². The van der Waals surface area contributed by atoms with E-state index in [2.05, 4.69) is 4.98 Å². The molecule has 5 aromatic rings. The molecule has 0 N–H and O–H groups in total. The molecule has 0 saturated carbocycles. The first-order chi connectivity index (χ1) is 18.0. The Morgan fingerprint density at radius 2 is 1.57 bits per heavy atom. The van der Waals surface area contributed by atoms with Crippen molar-refractivity contribution in [1.29, 1.82) is 0 Å². The van der Waals surface area contributed by atoms with E-state index in [1.54, 1.807) is 18.2 Å². The molecule has 0 fully saturated rings. The van der Waals surface area contributed by atoms with Crippen LogP contribution >= 0.6 is 34.5 Å². The molecule has 0 atom stereocenters. The molecule has 1 amide bonds. The minimum Gasteiger partial charge on any atom is -0.457 e. The van der Waals surface area contributed by atoms with Gasteiger partial charge in [-0.2, -0.15) is 0 Å². The lowest BCUT2D eigenvalue weighted by atomic mass is 10.2. The Labute approximate surface area is 226 Å². The van der Waals surface area contributed by atoms with Crippen LogP contribution in [-0.2, 0) is 4.79 Å². The van der Waals surface area contributed by atoms with E-state index in [0.29, 0.717) is 38.0 Å². The maximum atomic E-state index is 13.7. The van der Waals surface area contributed by atoms with Crippen LogP contribution in [0.25, 0.3) is 16.3 Å². The van der Waals surface area contributed by atoms with E-state index >= 15 is 0 Å². The van der Waals surface area contributed by atoms with E-state index in [1.807, 2.05) is 84.9 Å². The van der Waals surface area contributed by atoms with E-state index in [9.17, 15) is 4.79 Å². The molecule has 180 valence electrons. The second kappa shape index (κ2) is 9.82. The van der Waals surface area contributed by atoms with Crippen LogP contribution < -0.4 is 9.64 Å². The molecule has 1 aliphatic heterocycles. The standard InChI is InChI=1S/C29H17Cl2N3O2S/c30-20-16-23(31)26-25(17-20)37-29(33-26)34-27(19-9-3-1-4-10-19)32-24(28(34)35)15-18-8-7-13-22(14-18)36-21-11-5-2-6-12-21/h1-17H/b24-15-. The Morgan fingerprint density at radius 3 is 2.35 bits per heavy atom. The quantitative estimate of drug-likeness (QED) is 0.210. The molecule has 4 aromatic carbocycles. The Bertz CT molecular complexity index is 1700. The monoisotopic (exact) mass is 541 g/mol. The summed E-state index contributed by atoms with van der Waals surface area (Å²) in [5.41, 5.74) is 2.46. The lowest BCUT2D eigenvalue weighted by Crippen LogP contribution is -2.32. The van der Waals surface area contributed by atoms with Gasteiger partial charge in [-0.1, -0.05) is 95.2 Å². The summed E-state index contributed by atoms with van der Waals surface area (Å²) in [6, 6.07) is 30.0. The molecule has 5 nitrogen and oxygen atoms in total. The number of carbonyl (C=O) groups is 1. The third-order valence-corrected chi connectivity index (χ3v) is 7.12. The number of thiazole rings is 1. The Balaban J connectivity index is 1.40. The number of fused-ring (bicyclic) bond motifs is 1. The number of nitrogens with zero attached hydrogens (tertiary/aromatic N) is 3. The predicted octanol–water partition coefficient (Wildman–Crippen LogP) is 8.23. The molecule has 1 aromatic heterocycles. The summed E-state index contributed by atoms with van der Waals surface area (Å²) in [5.74, 6) is 1.60. The Kier molecular flexibility index (Phi) is 6.22. The summed E-state index contributed by atoms with van der Waals surface area (Å²) in [6.07, 6.45) is 1.75. The second-order valence-corrected chi connectivity index (χ2v) is 10.0. The van der Waals surface area contributed by atoms with E-state index in [-0.39, 0.29) is 5.91 Å². The molecule has 0 aliphatic carbocycles. The maximum Gasteiger partial charge on any atom is 0.284 e. The molecule has 0 unspecified atom stereocenters. The number of benzene rings is 4. The third kappa shape index (κ3) is 4.74. The van der Waals surface area contributed by atoms with Gasteiger partial charge in [-0.05, 0) is 48.0 Å². The van der Waals surface area contributed by atoms with Crippen molar-refractivity contribution in [2.24, 2.45) is 4.99 Å². The van der Waals surface area contributed by atoms with Crippen molar-refractivity contribution in [3.8, 4) is 11.5 Å². The van der Waals surface area contributed by atoms with Crippen LogP contribution in [0.1, 0.15) is 11.1 Å². The average molecular weight is 542 g/mol. The lowest BCUT2D eigenvalue weighted by molar-refractivity contribution is -0.113. The van der Waals surface area contributed by atoms with Crippen LogP contribution in [0, 0.1) is 0 Å². The SMILES string of the molecule is O=C1/C(=C/c2cccc(Oc3ccccc3)c2)N=C(c2ccccc2)N1c1nc2c(Cl)cc(Cl)cc2s1. The fourth-order valence-electron chi connectivity index (χ4n) is 3.97. The van der Waals surface area contributed by atoms with Gasteiger partial charge in [0.15, 0.2) is 5.13 Å². The number of hydrogen-bond acceptors (Lipinski definition) is 5. The predicted molar refractivity (Wildman–Crippen MR) is 151 cm³/mol. The number of hydrogen-bond donors (Lipinski definition) is 0. The highest BCUT2D eigenvalue weighted by atomic mass is 35.5. The number of aromatic nitrogens is 1. The first kappa shape index (κ1) is 23.4.